The van der Waals surface area contributed by atoms with Crippen LogP contribution in [-0.4, -0.2) is 50.3 Å². The molecule has 0 aliphatic carbocycles. The summed E-state index contributed by atoms with van der Waals surface area (Å²) >= 11 is 0. The molecule has 1 N–H and O–H groups in total. The normalized spacial score (nSPS) is 15.4. The van der Waals surface area contributed by atoms with Gasteiger partial charge in [0, 0.05) is 19.6 Å². The molecule has 0 aromatic rings. The van der Waals surface area contributed by atoms with E-state index in [0.29, 0.717) is 0 Å². The predicted octanol–water partition coefficient (Wildman–Crippen LogP) is 0.304. The molecule has 1 aliphatic heterocycles. The Morgan fingerprint density at radius 3 is 2.92 bits per heavy atom. The van der Waals surface area contributed by atoms with E-state index in [0.717, 1.165) is 45.4 Å². The van der Waals surface area contributed by atoms with E-state index in [2.05, 4.69) is 29.1 Å². The van der Waals surface area contributed by atoms with Gasteiger partial charge >= 0.3 is 0 Å². The number of rotatable bonds is 5. The number of nitrogens with one attached hydrogen (secondary N) is 1. The fourth-order valence-electron chi connectivity index (χ4n) is 1.29. The molecular weight excluding hydrogens is 166 g/mol. The van der Waals surface area contributed by atoms with E-state index in [1.54, 1.807) is 0 Å². The standard InChI is InChI=1S/C9H19N3O/c1-3-10-5-7-12(4-2)9-11-6-8-13-9/h10H,3-8H2,1-2H3. The van der Waals surface area contributed by atoms with Crippen molar-refractivity contribution in [2.24, 2.45) is 4.99 Å². The number of hydrogen-bond acceptors (Lipinski definition) is 4. The molecule has 1 heterocycles. The molecule has 0 saturated carbocycles. The molecule has 1 rings (SSSR count). The molecule has 0 bridgehead atoms. The SMILES string of the molecule is CCNCCN(CC)C1=NCCO1. The lowest BCUT2D eigenvalue weighted by molar-refractivity contribution is 0.267. The fraction of sp³-hybridized carbons (Fsp3) is 0.889. The smallest absolute Gasteiger partial charge is 0.287 e. The van der Waals surface area contributed by atoms with Crippen molar-refractivity contribution in [2.75, 3.05) is 39.3 Å². The zero-order valence-corrected chi connectivity index (χ0v) is 8.55. The van der Waals surface area contributed by atoms with Gasteiger partial charge in [-0.3, -0.25) is 0 Å². The van der Waals surface area contributed by atoms with Crippen LogP contribution in [0.5, 0.6) is 0 Å². The lowest BCUT2D eigenvalue weighted by Crippen LogP contribution is -2.36. The van der Waals surface area contributed by atoms with Crippen LogP contribution in [0.1, 0.15) is 13.8 Å². The quantitative estimate of drug-likeness (QED) is 0.626. The minimum Gasteiger partial charge on any atom is -0.463 e. The van der Waals surface area contributed by atoms with Crippen molar-refractivity contribution < 1.29 is 4.74 Å². The average molecular weight is 185 g/mol. The third-order valence-corrected chi connectivity index (χ3v) is 2.03. The first-order chi connectivity index (χ1) is 6.38. The molecule has 0 fully saturated rings. The van der Waals surface area contributed by atoms with Gasteiger partial charge in [-0.25, -0.2) is 4.99 Å². The zero-order valence-electron chi connectivity index (χ0n) is 8.55. The molecule has 0 radical (unpaired) electrons. The van der Waals surface area contributed by atoms with Gasteiger partial charge in [0.15, 0.2) is 0 Å². The molecule has 13 heavy (non-hydrogen) atoms. The van der Waals surface area contributed by atoms with Gasteiger partial charge in [-0.2, -0.15) is 0 Å². The minimum absolute atomic E-state index is 0.743. The highest BCUT2D eigenvalue weighted by Crippen LogP contribution is 1.99. The van der Waals surface area contributed by atoms with Crippen molar-refractivity contribution in [3.8, 4) is 0 Å². The van der Waals surface area contributed by atoms with E-state index in [-0.39, 0.29) is 0 Å². The molecule has 76 valence electrons. The Labute approximate surface area is 80.0 Å². The maximum absolute atomic E-state index is 5.38. The average Bonchev–Trinajstić information content (AvgIpc) is 2.65. The van der Waals surface area contributed by atoms with Gasteiger partial charge in [0.05, 0.1) is 6.54 Å². The van der Waals surface area contributed by atoms with Crippen molar-refractivity contribution in [2.45, 2.75) is 13.8 Å². The third-order valence-electron chi connectivity index (χ3n) is 2.03. The minimum atomic E-state index is 0.743. The summed E-state index contributed by atoms with van der Waals surface area (Å²) in [7, 11) is 0. The molecule has 0 saturated heterocycles. The van der Waals surface area contributed by atoms with Crippen LogP contribution in [0.4, 0.5) is 0 Å². The lowest BCUT2D eigenvalue weighted by atomic mass is 10.5. The van der Waals surface area contributed by atoms with Crippen LogP contribution in [0, 0.1) is 0 Å². The van der Waals surface area contributed by atoms with Gasteiger partial charge in [0.2, 0.25) is 0 Å². The topological polar surface area (TPSA) is 36.9 Å². The van der Waals surface area contributed by atoms with Crippen LogP contribution in [-0.2, 0) is 4.74 Å². The van der Waals surface area contributed by atoms with E-state index in [9.17, 15) is 0 Å². The maximum atomic E-state index is 5.38. The first-order valence-corrected chi connectivity index (χ1v) is 5.01. The summed E-state index contributed by atoms with van der Waals surface area (Å²) in [4.78, 5) is 6.44. The first-order valence-electron chi connectivity index (χ1n) is 5.01. The highest BCUT2D eigenvalue weighted by Gasteiger charge is 2.13. The van der Waals surface area contributed by atoms with E-state index in [1.165, 1.54) is 0 Å². The summed E-state index contributed by atoms with van der Waals surface area (Å²) in [5.74, 6) is 0. The van der Waals surface area contributed by atoms with Crippen molar-refractivity contribution in [3.63, 3.8) is 0 Å². The van der Waals surface area contributed by atoms with E-state index in [4.69, 9.17) is 4.74 Å². The summed E-state index contributed by atoms with van der Waals surface area (Å²) < 4.78 is 5.38. The van der Waals surface area contributed by atoms with Crippen molar-refractivity contribution in [1.29, 1.82) is 0 Å². The second-order valence-electron chi connectivity index (χ2n) is 2.95. The van der Waals surface area contributed by atoms with Gasteiger partial charge in [-0.15, -0.1) is 0 Å². The Kier molecular flexibility index (Phi) is 4.60. The molecule has 0 atom stereocenters. The molecular formula is C9H19N3O. The fourth-order valence-corrected chi connectivity index (χ4v) is 1.29. The zero-order chi connectivity index (χ0) is 9.52. The molecule has 0 spiro atoms. The second kappa shape index (κ2) is 5.80. The van der Waals surface area contributed by atoms with Crippen LogP contribution in [0.3, 0.4) is 0 Å². The number of aliphatic imine (C=N–C) groups is 1. The molecule has 1 aliphatic rings. The van der Waals surface area contributed by atoms with Gasteiger partial charge in [-0.1, -0.05) is 6.92 Å². The molecule has 0 aromatic carbocycles. The highest BCUT2D eigenvalue weighted by atomic mass is 16.5. The molecule has 0 unspecified atom stereocenters. The summed E-state index contributed by atoms with van der Waals surface area (Å²) in [5.41, 5.74) is 0. The second-order valence-corrected chi connectivity index (χ2v) is 2.95. The van der Waals surface area contributed by atoms with Crippen molar-refractivity contribution in [1.82, 2.24) is 10.2 Å². The van der Waals surface area contributed by atoms with Gasteiger partial charge < -0.3 is 15.0 Å². The van der Waals surface area contributed by atoms with Gasteiger partial charge in [0.1, 0.15) is 6.61 Å². The maximum Gasteiger partial charge on any atom is 0.287 e. The Morgan fingerprint density at radius 2 is 2.38 bits per heavy atom. The van der Waals surface area contributed by atoms with Crippen LogP contribution >= 0.6 is 0 Å². The molecule has 0 amide bonds. The Balaban J connectivity index is 2.25. The molecule has 4 heteroatoms. The predicted molar refractivity (Wildman–Crippen MR) is 54.0 cm³/mol. The number of nitrogens with zero attached hydrogens (tertiary/aromatic N) is 2. The van der Waals surface area contributed by atoms with E-state index in [1.807, 2.05) is 0 Å². The monoisotopic (exact) mass is 185 g/mol. The molecule has 0 aromatic heterocycles. The Morgan fingerprint density at radius 1 is 1.54 bits per heavy atom. The summed E-state index contributed by atoms with van der Waals surface area (Å²) in [6, 6.07) is 0.820. The molecule has 4 nitrogen and oxygen atoms in total. The Hall–Kier alpha value is -0.770. The first kappa shape index (κ1) is 10.3. The van der Waals surface area contributed by atoms with E-state index >= 15 is 0 Å². The van der Waals surface area contributed by atoms with Crippen molar-refractivity contribution >= 4 is 6.02 Å². The van der Waals surface area contributed by atoms with Crippen LogP contribution in [0.15, 0.2) is 4.99 Å². The van der Waals surface area contributed by atoms with E-state index < -0.39 is 0 Å². The van der Waals surface area contributed by atoms with Gasteiger partial charge in [0.25, 0.3) is 6.02 Å². The van der Waals surface area contributed by atoms with Gasteiger partial charge in [-0.05, 0) is 13.5 Å². The number of amidine groups is 1. The largest absolute Gasteiger partial charge is 0.463 e. The van der Waals surface area contributed by atoms with Crippen molar-refractivity contribution in [3.05, 3.63) is 0 Å². The van der Waals surface area contributed by atoms with Crippen LogP contribution < -0.4 is 5.32 Å². The number of likely N-dealkylation sites (N-methyl/N-ethyl adjacent to an activating group) is 2. The third kappa shape index (κ3) is 3.22. The number of hydrogen-bond donors (Lipinski definition) is 1. The summed E-state index contributed by atoms with van der Waals surface area (Å²) in [6.07, 6.45) is 0. The lowest BCUT2D eigenvalue weighted by Gasteiger charge is -2.21. The highest BCUT2D eigenvalue weighted by molar-refractivity contribution is 5.74. The van der Waals surface area contributed by atoms with Crippen LogP contribution in [0.25, 0.3) is 0 Å². The number of ether oxygens (including phenoxy) is 1. The summed E-state index contributed by atoms with van der Waals surface area (Å²) in [6.45, 7) is 9.74. The van der Waals surface area contributed by atoms with Crippen LogP contribution in [0.2, 0.25) is 0 Å². The summed E-state index contributed by atoms with van der Waals surface area (Å²) in [5, 5.41) is 3.28. The Bertz CT molecular complexity index is 170.